The summed E-state index contributed by atoms with van der Waals surface area (Å²) in [5.74, 6) is -1.86. The summed E-state index contributed by atoms with van der Waals surface area (Å²) < 4.78 is 39.0. The van der Waals surface area contributed by atoms with Crippen molar-refractivity contribution in [3.8, 4) is 0 Å². The molecule has 1 aliphatic rings. The first-order chi connectivity index (χ1) is 10.9. The van der Waals surface area contributed by atoms with Gasteiger partial charge in [-0.3, -0.25) is 9.69 Å². The lowest BCUT2D eigenvalue weighted by molar-refractivity contribution is -0.170. The van der Waals surface area contributed by atoms with E-state index in [0.29, 0.717) is 23.2 Å². The van der Waals surface area contributed by atoms with E-state index < -0.39 is 18.1 Å². The minimum Gasteiger partial charge on any atom is -0.296 e. The first-order valence-corrected chi connectivity index (χ1v) is 7.12. The SMILES string of the molecule is C=C(c1ccccc1)C1Cc2ccccc2N1C(=O)C(F)(F)F. The van der Waals surface area contributed by atoms with Crippen LogP contribution >= 0.6 is 0 Å². The van der Waals surface area contributed by atoms with Gasteiger partial charge in [0.05, 0.1) is 6.04 Å². The average Bonchev–Trinajstić information content (AvgIpc) is 2.92. The highest BCUT2D eigenvalue weighted by Crippen LogP contribution is 2.39. The number of nitrogens with zero attached hydrogens (tertiary/aromatic N) is 1. The van der Waals surface area contributed by atoms with Crippen LogP contribution in [0, 0.1) is 0 Å². The minimum absolute atomic E-state index is 0.303. The van der Waals surface area contributed by atoms with E-state index in [-0.39, 0.29) is 0 Å². The third-order valence-corrected chi connectivity index (χ3v) is 3.98. The average molecular weight is 317 g/mol. The molecule has 0 fully saturated rings. The molecule has 23 heavy (non-hydrogen) atoms. The smallest absolute Gasteiger partial charge is 0.296 e. The zero-order valence-electron chi connectivity index (χ0n) is 12.2. The summed E-state index contributed by atoms with van der Waals surface area (Å²) in [5.41, 5.74) is 2.24. The van der Waals surface area contributed by atoms with Crippen LogP contribution in [0.1, 0.15) is 11.1 Å². The number of carbonyl (C=O) groups is 1. The summed E-state index contributed by atoms with van der Waals surface area (Å²) in [6.45, 7) is 3.94. The molecule has 0 saturated carbocycles. The van der Waals surface area contributed by atoms with Crippen LogP contribution in [0.3, 0.4) is 0 Å². The molecule has 2 aromatic carbocycles. The summed E-state index contributed by atoms with van der Waals surface area (Å²) >= 11 is 0. The molecule has 1 atom stereocenters. The number of carbonyl (C=O) groups excluding carboxylic acids is 1. The minimum atomic E-state index is -4.92. The molecule has 0 bridgehead atoms. The third-order valence-electron chi connectivity index (χ3n) is 3.98. The lowest BCUT2D eigenvalue weighted by atomic mass is 9.97. The second-order valence-electron chi connectivity index (χ2n) is 5.41. The van der Waals surface area contributed by atoms with Gasteiger partial charge in [-0.1, -0.05) is 55.1 Å². The normalized spacial score (nSPS) is 17.0. The van der Waals surface area contributed by atoms with Crippen LogP contribution in [-0.4, -0.2) is 18.1 Å². The van der Waals surface area contributed by atoms with E-state index in [2.05, 4.69) is 6.58 Å². The Kier molecular flexibility index (Phi) is 3.72. The van der Waals surface area contributed by atoms with Crippen LogP contribution < -0.4 is 4.90 Å². The molecular weight excluding hydrogens is 303 g/mol. The number of para-hydroxylation sites is 1. The van der Waals surface area contributed by atoms with Crippen LogP contribution in [0.25, 0.3) is 5.57 Å². The van der Waals surface area contributed by atoms with Crippen LogP contribution in [0.4, 0.5) is 18.9 Å². The molecule has 2 nitrogen and oxygen atoms in total. The number of rotatable bonds is 2. The second kappa shape index (κ2) is 5.57. The molecule has 3 rings (SSSR count). The number of hydrogen-bond acceptors (Lipinski definition) is 1. The van der Waals surface area contributed by atoms with Gasteiger partial charge in [-0.25, -0.2) is 0 Å². The highest BCUT2D eigenvalue weighted by Gasteiger charge is 2.48. The molecule has 118 valence electrons. The highest BCUT2D eigenvalue weighted by atomic mass is 19.4. The molecule has 2 aromatic rings. The molecule has 1 amide bonds. The van der Waals surface area contributed by atoms with E-state index in [1.807, 2.05) is 6.07 Å². The van der Waals surface area contributed by atoms with Crippen molar-refractivity contribution in [2.45, 2.75) is 18.6 Å². The van der Waals surface area contributed by atoms with Crippen molar-refractivity contribution in [1.82, 2.24) is 0 Å². The van der Waals surface area contributed by atoms with E-state index in [4.69, 9.17) is 0 Å². The summed E-state index contributed by atoms with van der Waals surface area (Å²) in [6, 6.07) is 14.9. The monoisotopic (exact) mass is 317 g/mol. The van der Waals surface area contributed by atoms with Crippen molar-refractivity contribution in [2.24, 2.45) is 0 Å². The van der Waals surface area contributed by atoms with E-state index in [0.717, 1.165) is 10.5 Å². The maximum Gasteiger partial charge on any atom is 0.471 e. The Balaban J connectivity index is 2.03. The maximum absolute atomic E-state index is 13.0. The van der Waals surface area contributed by atoms with Gasteiger partial charge in [0.25, 0.3) is 0 Å². The molecule has 0 N–H and O–H groups in total. The van der Waals surface area contributed by atoms with E-state index in [1.165, 1.54) is 6.07 Å². The lowest BCUT2D eigenvalue weighted by Gasteiger charge is -2.28. The Morgan fingerprint density at radius 1 is 1.04 bits per heavy atom. The fourth-order valence-corrected chi connectivity index (χ4v) is 2.90. The molecule has 1 aliphatic heterocycles. The molecule has 0 aliphatic carbocycles. The number of fused-ring (bicyclic) bond motifs is 1. The van der Waals surface area contributed by atoms with Gasteiger partial charge in [-0.2, -0.15) is 13.2 Å². The molecular formula is C18H14F3NO. The predicted molar refractivity (Wildman–Crippen MR) is 83.0 cm³/mol. The van der Waals surface area contributed by atoms with Crippen molar-refractivity contribution in [3.63, 3.8) is 0 Å². The number of anilines is 1. The molecule has 0 radical (unpaired) electrons. The first-order valence-electron chi connectivity index (χ1n) is 7.12. The zero-order chi connectivity index (χ0) is 16.6. The van der Waals surface area contributed by atoms with E-state index in [9.17, 15) is 18.0 Å². The standard InChI is InChI=1S/C18H14F3NO/c1-12(13-7-3-2-4-8-13)16-11-14-9-5-6-10-15(14)22(16)17(23)18(19,20)21/h2-10,16H,1,11H2. The maximum atomic E-state index is 13.0. The highest BCUT2D eigenvalue weighted by molar-refractivity contribution is 6.02. The van der Waals surface area contributed by atoms with Crippen LogP contribution in [-0.2, 0) is 11.2 Å². The topological polar surface area (TPSA) is 20.3 Å². The van der Waals surface area contributed by atoms with Gasteiger partial charge in [0, 0.05) is 5.69 Å². The molecule has 5 heteroatoms. The van der Waals surface area contributed by atoms with Gasteiger partial charge >= 0.3 is 12.1 Å². The predicted octanol–water partition coefficient (Wildman–Crippen LogP) is 4.22. The quantitative estimate of drug-likeness (QED) is 0.812. The van der Waals surface area contributed by atoms with Crippen molar-refractivity contribution < 1.29 is 18.0 Å². The fraction of sp³-hybridized carbons (Fsp3) is 0.167. The van der Waals surface area contributed by atoms with Crippen molar-refractivity contribution >= 4 is 17.2 Å². The first kappa shape index (κ1) is 15.3. The number of benzene rings is 2. The van der Waals surface area contributed by atoms with Gasteiger partial charge in [0.15, 0.2) is 0 Å². The number of hydrogen-bond donors (Lipinski definition) is 0. The van der Waals surface area contributed by atoms with Crippen molar-refractivity contribution in [3.05, 3.63) is 72.3 Å². The summed E-state index contributed by atoms with van der Waals surface area (Å²) in [7, 11) is 0. The molecule has 1 unspecified atom stereocenters. The van der Waals surface area contributed by atoms with Gasteiger partial charge in [0.2, 0.25) is 0 Å². The Labute approximate surface area is 131 Å². The Morgan fingerprint density at radius 3 is 2.30 bits per heavy atom. The van der Waals surface area contributed by atoms with Gasteiger partial charge in [-0.15, -0.1) is 0 Å². The van der Waals surface area contributed by atoms with Crippen LogP contribution in [0.15, 0.2) is 61.2 Å². The number of halogens is 3. The lowest BCUT2D eigenvalue weighted by Crippen LogP contribution is -2.45. The molecule has 0 saturated heterocycles. The molecule has 0 spiro atoms. The number of alkyl halides is 3. The van der Waals surface area contributed by atoms with Crippen molar-refractivity contribution in [1.29, 1.82) is 0 Å². The zero-order valence-corrected chi connectivity index (χ0v) is 12.2. The third kappa shape index (κ3) is 2.74. The second-order valence-corrected chi connectivity index (χ2v) is 5.41. The Morgan fingerprint density at radius 2 is 1.65 bits per heavy atom. The molecule has 1 heterocycles. The van der Waals surface area contributed by atoms with E-state index in [1.54, 1.807) is 42.5 Å². The Bertz CT molecular complexity index is 752. The summed E-state index contributed by atoms with van der Waals surface area (Å²) in [6.07, 6.45) is -4.60. The molecule has 0 aromatic heterocycles. The van der Waals surface area contributed by atoms with Crippen molar-refractivity contribution in [2.75, 3.05) is 4.90 Å². The van der Waals surface area contributed by atoms with Gasteiger partial charge < -0.3 is 0 Å². The summed E-state index contributed by atoms with van der Waals surface area (Å²) in [4.78, 5) is 12.8. The van der Waals surface area contributed by atoms with Crippen LogP contribution in [0.2, 0.25) is 0 Å². The van der Waals surface area contributed by atoms with Crippen LogP contribution in [0.5, 0.6) is 0 Å². The van der Waals surface area contributed by atoms with E-state index >= 15 is 0 Å². The Hall–Kier alpha value is -2.56. The summed E-state index contributed by atoms with van der Waals surface area (Å²) in [5, 5.41) is 0. The fourth-order valence-electron chi connectivity index (χ4n) is 2.90. The van der Waals surface area contributed by atoms with Gasteiger partial charge in [0.1, 0.15) is 0 Å². The number of amides is 1. The largest absolute Gasteiger partial charge is 0.471 e. The van der Waals surface area contributed by atoms with Gasteiger partial charge in [-0.05, 0) is 29.2 Å².